The van der Waals surface area contributed by atoms with Gasteiger partial charge in [0.2, 0.25) is 0 Å². The normalized spacial score (nSPS) is 18.6. The van der Waals surface area contributed by atoms with Crippen molar-refractivity contribution in [2.75, 3.05) is 20.3 Å². The fourth-order valence-electron chi connectivity index (χ4n) is 2.40. The molecule has 1 saturated heterocycles. The summed E-state index contributed by atoms with van der Waals surface area (Å²) in [5, 5.41) is 10.3. The van der Waals surface area contributed by atoms with Crippen molar-refractivity contribution in [1.82, 2.24) is 0 Å². The molecule has 100 valence electrons. The van der Waals surface area contributed by atoms with Crippen molar-refractivity contribution in [3.8, 4) is 5.75 Å². The molecule has 1 aromatic carbocycles. The van der Waals surface area contributed by atoms with Crippen molar-refractivity contribution >= 4 is 15.9 Å². The average molecular weight is 315 g/mol. The summed E-state index contributed by atoms with van der Waals surface area (Å²) >= 11 is 3.45. The average Bonchev–Trinajstić information content (AvgIpc) is 2.40. The molecule has 2 rings (SSSR count). The number of hydrogen-bond donors (Lipinski definition) is 1. The third kappa shape index (κ3) is 3.46. The lowest BCUT2D eigenvalue weighted by Gasteiger charge is -2.27. The summed E-state index contributed by atoms with van der Waals surface area (Å²) in [6.45, 7) is 1.52. The van der Waals surface area contributed by atoms with E-state index < -0.39 is 0 Å². The Labute approximate surface area is 116 Å². The zero-order chi connectivity index (χ0) is 13.0. The largest absolute Gasteiger partial charge is 0.496 e. The zero-order valence-electron chi connectivity index (χ0n) is 10.6. The summed E-state index contributed by atoms with van der Waals surface area (Å²) in [5.74, 6) is 1.17. The minimum absolute atomic E-state index is 0.322. The van der Waals surface area contributed by atoms with Crippen molar-refractivity contribution in [1.29, 1.82) is 0 Å². The van der Waals surface area contributed by atoms with Gasteiger partial charge in [0.25, 0.3) is 0 Å². The smallest absolute Gasteiger partial charge is 0.122 e. The van der Waals surface area contributed by atoms with Gasteiger partial charge in [-0.15, -0.1) is 0 Å². The Hall–Kier alpha value is -0.580. The third-order valence-corrected chi connectivity index (χ3v) is 3.97. The summed E-state index contributed by atoms with van der Waals surface area (Å²) < 4.78 is 11.7. The van der Waals surface area contributed by atoms with Gasteiger partial charge in [-0.25, -0.2) is 0 Å². The van der Waals surface area contributed by atoms with E-state index in [0.717, 1.165) is 41.8 Å². The predicted octanol–water partition coefficient (Wildman–Crippen LogP) is 2.79. The van der Waals surface area contributed by atoms with Crippen molar-refractivity contribution in [2.24, 2.45) is 5.92 Å². The van der Waals surface area contributed by atoms with Gasteiger partial charge in [-0.1, -0.05) is 15.9 Å². The molecule has 1 unspecified atom stereocenters. The molecule has 18 heavy (non-hydrogen) atoms. The number of halogens is 1. The van der Waals surface area contributed by atoms with E-state index >= 15 is 0 Å². The number of hydrogen-bond acceptors (Lipinski definition) is 3. The molecule has 0 amide bonds. The topological polar surface area (TPSA) is 38.7 Å². The van der Waals surface area contributed by atoms with Gasteiger partial charge in [-0.3, -0.25) is 0 Å². The van der Waals surface area contributed by atoms with E-state index in [9.17, 15) is 5.11 Å². The van der Waals surface area contributed by atoms with Gasteiger partial charge in [0.1, 0.15) is 5.75 Å². The molecule has 3 nitrogen and oxygen atoms in total. The van der Waals surface area contributed by atoms with Crippen LogP contribution in [-0.4, -0.2) is 31.5 Å². The van der Waals surface area contributed by atoms with E-state index in [1.165, 1.54) is 0 Å². The molecule has 0 aliphatic carbocycles. The Morgan fingerprint density at radius 1 is 1.44 bits per heavy atom. The van der Waals surface area contributed by atoms with Crippen molar-refractivity contribution < 1.29 is 14.6 Å². The second-order valence-electron chi connectivity index (χ2n) is 4.68. The van der Waals surface area contributed by atoms with E-state index in [2.05, 4.69) is 15.9 Å². The van der Waals surface area contributed by atoms with Gasteiger partial charge in [0.05, 0.1) is 13.2 Å². The van der Waals surface area contributed by atoms with Crippen LogP contribution in [0.2, 0.25) is 0 Å². The number of rotatable bonds is 4. The number of aliphatic hydroxyl groups excluding tert-OH is 1. The second kappa shape index (κ2) is 6.55. The van der Waals surface area contributed by atoms with Crippen LogP contribution in [0.3, 0.4) is 0 Å². The van der Waals surface area contributed by atoms with Gasteiger partial charge in [-0.2, -0.15) is 0 Å². The van der Waals surface area contributed by atoms with Gasteiger partial charge < -0.3 is 14.6 Å². The van der Waals surface area contributed by atoms with Crippen LogP contribution in [0.25, 0.3) is 0 Å². The fourth-order valence-corrected chi connectivity index (χ4v) is 2.81. The summed E-state index contributed by atoms with van der Waals surface area (Å²) in [5.41, 5.74) is 1.05. The van der Waals surface area contributed by atoms with Crippen LogP contribution in [0.1, 0.15) is 18.4 Å². The van der Waals surface area contributed by atoms with Crippen molar-refractivity contribution in [2.45, 2.75) is 25.4 Å². The first-order chi connectivity index (χ1) is 8.70. The lowest BCUT2D eigenvalue weighted by molar-refractivity contribution is 0.00822. The monoisotopic (exact) mass is 314 g/mol. The molecule has 0 radical (unpaired) electrons. The van der Waals surface area contributed by atoms with Gasteiger partial charge in [0.15, 0.2) is 0 Å². The summed E-state index contributed by atoms with van der Waals surface area (Å²) in [6.07, 6.45) is 2.19. The molecule has 1 N–H and O–H groups in total. The van der Waals surface area contributed by atoms with Gasteiger partial charge in [-0.05, 0) is 42.5 Å². The molecule has 1 aliphatic rings. The Bertz CT molecular complexity index is 389. The summed E-state index contributed by atoms with van der Waals surface area (Å²) in [4.78, 5) is 0. The fraction of sp³-hybridized carbons (Fsp3) is 0.571. The highest BCUT2D eigenvalue weighted by atomic mass is 79.9. The Morgan fingerprint density at radius 3 is 2.83 bits per heavy atom. The number of methoxy groups -OCH3 is 1. The predicted molar refractivity (Wildman–Crippen MR) is 73.9 cm³/mol. The highest BCUT2D eigenvalue weighted by Crippen LogP contribution is 2.27. The third-order valence-electron chi connectivity index (χ3n) is 3.48. The van der Waals surface area contributed by atoms with Gasteiger partial charge in [0, 0.05) is 24.1 Å². The molecule has 4 heteroatoms. The quantitative estimate of drug-likeness (QED) is 0.928. The van der Waals surface area contributed by atoms with Crippen LogP contribution in [0.5, 0.6) is 5.75 Å². The van der Waals surface area contributed by atoms with E-state index in [4.69, 9.17) is 9.47 Å². The molecule has 1 fully saturated rings. The Morgan fingerprint density at radius 2 is 2.17 bits per heavy atom. The maximum absolute atomic E-state index is 10.3. The van der Waals surface area contributed by atoms with Gasteiger partial charge >= 0.3 is 0 Å². The minimum atomic E-state index is -0.322. The van der Waals surface area contributed by atoms with Crippen LogP contribution in [0.4, 0.5) is 0 Å². The standard InChI is InChI=1S/C14H19BrO3/c1-17-14-3-2-12(15)8-11(14)9-13(16)10-4-6-18-7-5-10/h2-3,8,10,13,16H,4-7,9H2,1H3. The van der Waals surface area contributed by atoms with Crippen LogP contribution in [0, 0.1) is 5.92 Å². The second-order valence-corrected chi connectivity index (χ2v) is 5.59. The maximum Gasteiger partial charge on any atom is 0.122 e. The van der Waals surface area contributed by atoms with E-state index in [1.807, 2.05) is 18.2 Å². The van der Waals surface area contributed by atoms with Crippen LogP contribution in [0.15, 0.2) is 22.7 Å². The first-order valence-electron chi connectivity index (χ1n) is 6.29. The SMILES string of the molecule is COc1ccc(Br)cc1CC(O)C1CCOCC1. The van der Waals surface area contributed by atoms with Crippen LogP contribution < -0.4 is 4.74 Å². The molecule has 1 aliphatic heterocycles. The summed E-state index contributed by atoms with van der Waals surface area (Å²) in [7, 11) is 1.66. The Kier molecular flexibility index (Phi) is 5.03. The van der Waals surface area contributed by atoms with Crippen LogP contribution >= 0.6 is 15.9 Å². The molecular formula is C14H19BrO3. The molecular weight excluding hydrogens is 296 g/mol. The van der Waals surface area contributed by atoms with E-state index in [0.29, 0.717) is 12.3 Å². The molecule has 1 aromatic rings. The van der Waals surface area contributed by atoms with E-state index in [1.54, 1.807) is 7.11 Å². The molecule has 1 atom stereocenters. The van der Waals surface area contributed by atoms with E-state index in [-0.39, 0.29) is 6.10 Å². The maximum atomic E-state index is 10.3. The van der Waals surface area contributed by atoms with Crippen molar-refractivity contribution in [3.63, 3.8) is 0 Å². The Balaban J connectivity index is 2.05. The zero-order valence-corrected chi connectivity index (χ0v) is 12.1. The molecule has 0 aromatic heterocycles. The highest BCUT2D eigenvalue weighted by molar-refractivity contribution is 9.10. The lowest BCUT2D eigenvalue weighted by Crippen LogP contribution is -2.29. The minimum Gasteiger partial charge on any atom is -0.496 e. The number of benzene rings is 1. The number of aliphatic hydroxyl groups is 1. The number of ether oxygens (including phenoxy) is 2. The first-order valence-corrected chi connectivity index (χ1v) is 7.08. The van der Waals surface area contributed by atoms with Crippen molar-refractivity contribution in [3.05, 3.63) is 28.2 Å². The lowest BCUT2D eigenvalue weighted by atomic mass is 9.90. The molecule has 0 spiro atoms. The molecule has 1 heterocycles. The van der Waals surface area contributed by atoms with Crippen LogP contribution in [-0.2, 0) is 11.2 Å². The first kappa shape index (κ1) is 13.8. The summed E-state index contributed by atoms with van der Waals surface area (Å²) in [6, 6.07) is 5.89. The molecule has 0 saturated carbocycles. The molecule has 0 bridgehead atoms. The highest BCUT2D eigenvalue weighted by Gasteiger charge is 2.23.